The van der Waals surface area contributed by atoms with Crippen molar-refractivity contribution in [1.29, 1.82) is 0 Å². The zero-order valence-electron chi connectivity index (χ0n) is 12.3. The average Bonchev–Trinajstić information content (AvgIpc) is 2.46. The number of carbonyl (C=O) groups is 1. The normalized spacial score (nSPS) is 22.5. The smallest absolute Gasteiger partial charge is 0.358 e. The molecule has 1 aliphatic heterocycles. The second-order valence-electron chi connectivity index (χ2n) is 5.89. The molecular formula is C16H19N3O2. The lowest BCUT2D eigenvalue weighted by Gasteiger charge is -2.39. The number of hydrogen-bond acceptors (Lipinski definition) is 4. The van der Waals surface area contributed by atoms with Gasteiger partial charge in [-0.2, -0.15) is 0 Å². The van der Waals surface area contributed by atoms with Gasteiger partial charge in [0.25, 0.3) is 0 Å². The lowest BCUT2D eigenvalue weighted by molar-refractivity contribution is 0.0690. The predicted molar refractivity (Wildman–Crippen MR) is 81.7 cm³/mol. The van der Waals surface area contributed by atoms with Crippen LogP contribution in [0.4, 0.5) is 5.69 Å². The number of aromatic nitrogens is 2. The summed E-state index contributed by atoms with van der Waals surface area (Å²) < 4.78 is 0. The molecule has 1 N–H and O–H groups in total. The molecule has 0 aliphatic carbocycles. The van der Waals surface area contributed by atoms with Gasteiger partial charge in [0, 0.05) is 18.0 Å². The number of piperidine rings is 1. The summed E-state index contributed by atoms with van der Waals surface area (Å²) in [6.07, 6.45) is 2.13. The standard InChI is InChI=1S/C16H19N3O2/c1-10-7-8-19(11(2)9-10)15-12-5-3-4-6-13(12)17-18-14(15)16(20)21/h3-6,10-11H,7-9H2,1-2H3,(H,20,21). The molecule has 2 atom stereocenters. The molecule has 0 spiro atoms. The summed E-state index contributed by atoms with van der Waals surface area (Å²) in [7, 11) is 0. The van der Waals surface area contributed by atoms with E-state index in [0.29, 0.717) is 17.6 Å². The van der Waals surface area contributed by atoms with Crippen LogP contribution in [0, 0.1) is 5.92 Å². The van der Waals surface area contributed by atoms with Crippen LogP contribution in [0.1, 0.15) is 37.2 Å². The number of anilines is 1. The highest BCUT2D eigenvalue weighted by atomic mass is 16.4. The molecule has 3 rings (SSSR count). The Bertz CT molecular complexity index is 686. The highest BCUT2D eigenvalue weighted by Gasteiger charge is 2.29. The van der Waals surface area contributed by atoms with Gasteiger partial charge in [0.1, 0.15) is 0 Å². The molecule has 0 amide bonds. The lowest BCUT2D eigenvalue weighted by Crippen LogP contribution is -2.41. The van der Waals surface area contributed by atoms with Gasteiger partial charge >= 0.3 is 5.97 Å². The monoisotopic (exact) mass is 285 g/mol. The van der Waals surface area contributed by atoms with Crippen LogP contribution in [-0.2, 0) is 0 Å². The van der Waals surface area contributed by atoms with E-state index in [1.54, 1.807) is 0 Å². The Morgan fingerprint density at radius 2 is 2.05 bits per heavy atom. The van der Waals surface area contributed by atoms with Gasteiger partial charge in [-0.15, -0.1) is 10.2 Å². The molecule has 0 radical (unpaired) electrons. The van der Waals surface area contributed by atoms with E-state index in [-0.39, 0.29) is 5.69 Å². The minimum atomic E-state index is -1.02. The molecule has 0 saturated carbocycles. The first-order valence-corrected chi connectivity index (χ1v) is 7.33. The van der Waals surface area contributed by atoms with Crippen LogP contribution in [0.3, 0.4) is 0 Å². The van der Waals surface area contributed by atoms with E-state index in [1.807, 2.05) is 24.3 Å². The van der Waals surface area contributed by atoms with Crippen molar-refractivity contribution >= 4 is 22.6 Å². The third-order valence-electron chi connectivity index (χ3n) is 4.27. The first kappa shape index (κ1) is 13.8. The fourth-order valence-corrected chi connectivity index (χ4v) is 3.21. The van der Waals surface area contributed by atoms with Gasteiger partial charge in [0.2, 0.25) is 0 Å². The first-order valence-electron chi connectivity index (χ1n) is 7.33. The van der Waals surface area contributed by atoms with E-state index in [2.05, 4.69) is 28.9 Å². The van der Waals surface area contributed by atoms with Crippen LogP contribution < -0.4 is 4.90 Å². The van der Waals surface area contributed by atoms with Crippen molar-refractivity contribution in [3.8, 4) is 0 Å². The molecular weight excluding hydrogens is 266 g/mol. The molecule has 1 aromatic carbocycles. The van der Waals surface area contributed by atoms with E-state index in [1.165, 1.54) is 0 Å². The summed E-state index contributed by atoms with van der Waals surface area (Å²) >= 11 is 0. The van der Waals surface area contributed by atoms with Crippen molar-refractivity contribution in [2.45, 2.75) is 32.7 Å². The number of rotatable bonds is 2. The van der Waals surface area contributed by atoms with Crippen molar-refractivity contribution in [3.63, 3.8) is 0 Å². The van der Waals surface area contributed by atoms with Gasteiger partial charge in [-0.1, -0.05) is 25.1 Å². The van der Waals surface area contributed by atoms with Crippen molar-refractivity contribution in [2.75, 3.05) is 11.4 Å². The zero-order valence-corrected chi connectivity index (χ0v) is 12.3. The Hall–Kier alpha value is -2.17. The van der Waals surface area contributed by atoms with Crippen molar-refractivity contribution in [3.05, 3.63) is 30.0 Å². The van der Waals surface area contributed by atoms with Gasteiger partial charge in [-0.05, 0) is 31.7 Å². The van der Waals surface area contributed by atoms with Gasteiger partial charge in [0.15, 0.2) is 5.69 Å². The lowest BCUT2D eigenvalue weighted by atomic mass is 9.92. The van der Waals surface area contributed by atoms with Crippen molar-refractivity contribution in [1.82, 2.24) is 10.2 Å². The Kier molecular flexibility index (Phi) is 3.49. The number of carboxylic acid groups (broad SMARTS) is 1. The molecule has 5 nitrogen and oxygen atoms in total. The van der Waals surface area contributed by atoms with Crippen LogP contribution in [0.5, 0.6) is 0 Å². The highest BCUT2D eigenvalue weighted by molar-refractivity contribution is 6.02. The molecule has 0 bridgehead atoms. The topological polar surface area (TPSA) is 66.3 Å². The maximum Gasteiger partial charge on any atom is 0.358 e. The Morgan fingerprint density at radius 3 is 2.76 bits per heavy atom. The van der Waals surface area contributed by atoms with Gasteiger partial charge in [-0.25, -0.2) is 4.79 Å². The molecule has 2 unspecified atom stereocenters. The summed E-state index contributed by atoms with van der Waals surface area (Å²) in [6, 6.07) is 7.91. The Balaban J connectivity index is 2.19. The molecule has 1 aromatic heterocycles. The number of nitrogens with zero attached hydrogens (tertiary/aromatic N) is 3. The van der Waals surface area contributed by atoms with E-state index < -0.39 is 5.97 Å². The molecule has 2 aromatic rings. The first-order chi connectivity index (χ1) is 10.1. The Morgan fingerprint density at radius 1 is 1.29 bits per heavy atom. The maximum absolute atomic E-state index is 11.5. The van der Waals surface area contributed by atoms with Crippen LogP contribution in [-0.4, -0.2) is 33.9 Å². The maximum atomic E-state index is 11.5. The fraction of sp³-hybridized carbons (Fsp3) is 0.438. The van der Waals surface area contributed by atoms with Crippen molar-refractivity contribution < 1.29 is 9.90 Å². The van der Waals surface area contributed by atoms with E-state index in [4.69, 9.17) is 0 Å². The van der Waals surface area contributed by atoms with Gasteiger partial charge < -0.3 is 10.0 Å². The second kappa shape index (κ2) is 5.31. The molecule has 2 heterocycles. The molecule has 5 heteroatoms. The summed E-state index contributed by atoms with van der Waals surface area (Å²) in [6.45, 7) is 5.25. The summed E-state index contributed by atoms with van der Waals surface area (Å²) in [4.78, 5) is 13.7. The minimum Gasteiger partial charge on any atom is -0.476 e. The number of benzene rings is 1. The van der Waals surface area contributed by atoms with Crippen LogP contribution >= 0.6 is 0 Å². The van der Waals surface area contributed by atoms with Gasteiger partial charge in [-0.3, -0.25) is 0 Å². The number of carboxylic acids is 1. The molecule has 21 heavy (non-hydrogen) atoms. The molecule has 1 saturated heterocycles. The van der Waals surface area contributed by atoms with Crippen LogP contribution in [0.2, 0.25) is 0 Å². The SMILES string of the molecule is CC1CCN(c2c(C(=O)O)nnc3ccccc23)C(C)C1. The number of hydrogen-bond donors (Lipinski definition) is 1. The van der Waals surface area contributed by atoms with E-state index in [0.717, 1.165) is 30.3 Å². The molecule has 1 aliphatic rings. The summed E-state index contributed by atoms with van der Waals surface area (Å²) in [5.41, 5.74) is 1.51. The van der Waals surface area contributed by atoms with E-state index in [9.17, 15) is 9.90 Å². The largest absolute Gasteiger partial charge is 0.476 e. The second-order valence-corrected chi connectivity index (χ2v) is 5.89. The van der Waals surface area contributed by atoms with Crippen LogP contribution in [0.25, 0.3) is 10.9 Å². The average molecular weight is 285 g/mol. The summed E-state index contributed by atoms with van der Waals surface area (Å²) in [5.74, 6) is -0.348. The zero-order chi connectivity index (χ0) is 15.0. The third-order valence-corrected chi connectivity index (χ3v) is 4.27. The number of fused-ring (bicyclic) bond motifs is 1. The molecule has 110 valence electrons. The Labute approximate surface area is 123 Å². The highest BCUT2D eigenvalue weighted by Crippen LogP contribution is 2.34. The van der Waals surface area contributed by atoms with Gasteiger partial charge in [0.05, 0.1) is 11.2 Å². The van der Waals surface area contributed by atoms with E-state index >= 15 is 0 Å². The quantitative estimate of drug-likeness (QED) is 0.919. The fourth-order valence-electron chi connectivity index (χ4n) is 3.21. The molecule has 1 fully saturated rings. The number of aromatic carboxylic acids is 1. The minimum absolute atomic E-state index is 0.0510. The van der Waals surface area contributed by atoms with Crippen LogP contribution in [0.15, 0.2) is 24.3 Å². The predicted octanol–water partition coefficient (Wildman–Crippen LogP) is 2.95. The van der Waals surface area contributed by atoms with Crippen molar-refractivity contribution in [2.24, 2.45) is 5.92 Å². The third kappa shape index (κ3) is 2.44. The summed E-state index contributed by atoms with van der Waals surface area (Å²) in [5, 5.41) is 18.3.